The van der Waals surface area contributed by atoms with E-state index in [4.69, 9.17) is 0 Å². The van der Waals surface area contributed by atoms with Gasteiger partial charge in [0.1, 0.15) is 11.4 Å². The van der Waals surface area contributed by atoms with Gasteiger partial charge in [-0.3, -0.25) is 5.10 Å². The Bertz CT molecular complexity index is 686. The Hall–Kier alpha value is -2.29. The van der Waals surface area contributed by atoms with Crippen LogP contribution in [0, 0.1) is 6.92 Å². The van der Waals surface area contributed by atoms with E-state index in [-0.39, 0.29) is 5.75 Å². The molecular weight excluding hydrogens is 212 g/mol. The molecule has 3 nitrogen and oxygen atoms in total. The second-order valence-electron chi connectivity index (χ2n) is 4.12. The number of benzene rings is 2. The van der Waals surface area contributed by atoms with Crippen LogP contribution in [0.15, 0.2) is 42.5 Å². The number of nitrogens with one attached hydrogen (secondary N) is 1. The molecule has 3 heteroatoms. The summed E-state index contributed by atoms with van der Waals surface area (Å²) in [5.41, 5.74) is 4.08. The molecule has 0 spiro atoms. The molecular formula is C14H12N2O. The molecule has 3 rings (SSSR count). The molecule has 0 saturated carbocycles. The van der Waals surface area contributed by atoms with Crippen molar-refractivity contribution in [1.82, 2.24) is 10.2 Å². The number of phenolic OH excluding ortho intramolecular Hbond substituents is 1. The molecule has 1 aromatic heterocycles. The van der Waals surface area contributed by atoms with Crippen molar-refractivity contribution in [3.8, 4) is 17.0 Å². The Morgan fingerprint density at radius 1 is 1.12 bits per heavy atom. The minimum Gasteiger partial charge on any atom is -0.508 e. The lowest BCUT2D eigenvalue weighted by Gasteiger charge is -2.02. The van der Waals surface area contributed by atoms with Crippen molar-refractivity contribution >= 4 is 10.9 Å². The fourth-order valence-electron chi connectivity index (χ4n) is 2.05. The number of aromatic amines is 1. The molecule has 0 aliphatic rings. The molecule has 2 aromatic carbocycles. The van der Waals surface area contributed by atoms with Gasteiger partial charge in [0.05, 0.1) is 5.52 Å². The van der Waals surface area contributed by atoms with Crippen LogP contribution in [0.1, 0.15) is 5.56 Å². The maximum atomic E-state index is 9.42. The fraction of sp³-hybridized carbons (Fsp3) is 0.0714. The van der Waals surface area contributed by atoms with Crippen molar-refractivity contribution in [3.05, 3.63) is 48.0 Å². The predicted octanol–water partition coefficient (Wildman–Crippen LogP) is 3.24. The highest BCUT2D eigenvalue weighted by Gasteiger charge is 2.09. The van der Waals surface area contributed by atoms with Gasteiger partial charge in [0.25, 0.3) is 0 Å². The molecule has 0 radical (unpaired) electrons. The number of hydrogen-bond acceptors (Lipinski definition) is 2. The van der Waals surface area contributed by atoms with Crippen LogP contribution in [0.3, 0.4) is 0 Å². The van der Waals surface area contributed by atoms with Gasteiger partial charge in [0.2, 0.25) is 0 Å². The quantitative estimate of drug-likeness (QED) is 0.666. The summed E-state index contributed by atoms with van der Waals surface area (Å²) in [7, 11) is 0. The number of fused-ring (bicyclic) bond motifs is 1. The Morgan fingerprint density at radius 2 is 1.94 bits per heavy atom. The van der Waals surface area contributed by atoms with E-state index in [2.05, 4.69) is 29.3 Å². The lowest BCUT2D eigenvalue weighted by Crippen LogP contribution is -1.83. The predicted molar refractivity (Wildman–Crippen MR) is 67.9 cm³/mol. The van der Waals surface area contributed by atoms with Crippen LogP contribution >= 0.6 is 0 Å². The van der Waals surface area contributed by atoms with E-state index in [0.29, 0.717) is 0 Å². The fourth-order valence-corrected chi connectivity index (χ4v) is 2.05. The Labute approximate surface area is 98.7 Å². The number of nitrogens with zero attached hydrogens (tertiary/aromatic N) is 1. The Balaban J connectivity index is 2.29. The maximum Gasteiger partial charge on any atom is 0.117 e. The summed E-state index contributed by atoms with van der Waals surface area (Å²) in [4.78, 5) is 0. The average Bonchev–Trinajstić information content (AvgIpc) is 2.72. The topological polar surface area (TPSA) is 48.9 Å². The minimum absolute atomic E-state index is 0.248. The first-order valence-corrected chi connectivity index (χ1v) is 5.49. The number of aryl methyl sites for hydroxylation is 1. The van der Waals surface area contributed by atoms with Crippen molar-refractivity contribution < 1.29 is 5.11 Å². The number of H-pyrrole nitrogens is 1. The SMILES string of the molecule is Cc1ccccc1-c1n[nH]c2cc(O)ccc12. The van der Waals surface area contributed by atoms with E-state index in [1.165, 1.54) is 5.56 Å². The van der Waals surface area contributed by atoms with Gasteiger partial charge in [-0.1, -0.05) is 24.3 Å². The molecule has 0 atom stereocenters. The lowest BCUT2D eigenvalue weighted by molar-refractivity contribution is 0.476. The molecule has 0 fully saturated rings. The van der Waals surface area contributed by atoms with Crippen LogP contribution in [0.2, 0.25) is 0 Å². The van der Waals surface area contributed by atoms with Crippen molar-refractivity contribution in [2.75, 3.05) is 0 Å². The van der Waals surface area contributed by atoms with E-state index in [1.54, 1.807) is 12.1 Å². The van der Waals surface area contributed by atoms with Gasteiger partial charge in [-0.15, -0.1) is 0 Å². The number of aromatic hydroxyl groups is 1. The summed E-state index contributed by atoms with van der Waals surface area (Å²) in [6.07, 6.45) is 0. The van der Waals surface area contributed by atoms with Crippen LogP contribution in [-0.4, -0.2) is 15.3 Å². The molecule has 17 heavy (non-hydrogen) atoms. The van der Waals surface area contributed by atoms with Gasteiger partial charge in [-0.05, 0) is 24.6 Å². The zero-order valence-electron chi connectivity index (χ0n) is 9.44. The van der Waals surface area contributed by atoms with Crippen LogP contribution in [0.5, 0.6) is 5.75 Å². The third kappa shape index (κ3) is 1.56. The smallest absolute Gasteiger partial charge is 0.117 e. The monoisotopic (exact) mass is 224 g/mol. The second kappa shape index (κ2) is 3.63. The van der Waals surface area contributed by atoms with E-state index in [0.717, 1.165) is 22.2 Å². The van der Waals surface area contributed by atoms with Gasteiger partial charge < -0.3 is 5.11 Å². The van der Waals surface area contributed by atoms with Crippen LogP contribution in [0.4, 0.5) is 0 Å². The van der Waals surface area contributed by atoms with Gasteiger partial charge in [-0.2, -0.15) is 5.10 Å². The summed E-state index contributed by atoms with van der Waals surface area (Å²) in [6, 6.07) is 13.4. The zero-order valence-corrected chi connectivity index (χ0v) is 9.44. The highest BCUT2D eigenvalue weighted by molar-refractivity contribution is 5.94. The van der Waals surface area contributed by atoms with Crippen LogP contribution in [-0.2, 0) is 0 Å². The standard InChI is InChI=1S/C14H12N2O/c1-9-4-2-3-5-11(9)14-12-7-6-10(17)8-13(12)15-16-14/h2-8,17H,1H3,(H,15,16). The van der Waals surface area contributed by atoms with Gasteiger partial charge >= 0.3 is 0 Å². The maximum absolute atomic E-state index is 9.42. The molecule has 0 unspecified atom stereocenters. The second-order valence-corrected chi connectivity index (χ2v) is 4.12. The summed E-state index contributed by atoms with van der Waals surface area (Å²) < 4.78 is 0. The van der Waals surface area contributed by atoms with Crippen molar-refractivity contribution in [2.45, 2.75) is 6.92 Å². The van der Waals surface area contributed by atoms with E-state index in [9.17, 15) is 5.11 Å². The number of rotatable bonds is 1. The summed E-state index contributed by atoms with van der Waals surface area (Å²) in [5, 5.41) is 17.7. The largest absolute Gasteiger partial charge is 0.508 e. The number of hydrogen-bond donors (Lipinski definition) is 2. The number of aromatic nitrogens is 2. The lowest BCUT2D eigenvalue weighted by atomic mass is 10.0. The first kappa shape index (κ1) is 9.90. The molecule has 2 N–H and O–H groups in total. The molecule has 0 amide bonds. The highest BCUT2D eigenvalue weighted by atomic mass is 16.3. The van der Waals surface area contributed by atoms with Gasteiger partial charge in [0, 0.05) is 17.0 Å². The highest BCUT2D eigenvalue weighted by Crippen LogP contribution is 2.29. The first-order chi connectivity index (χ1) is 8.25. The van der Waals surface area contributed by atoms with Gasteiger partial charge in [-0.25, -0.2) is 0 Å². The minimum atomic E-state index is 0.248. The third-order valence-corrected chi connectivity index (χ3v) is 2.95. The molecule has 0 aliphatic heterocycles. The first-order valence-electron chi connectivity index (χ1n) is 5.49. The normalized spacial score (nSPS) is 10.9. The van der Waals surface area contributed by atoms with Crippen molar-refractivity contribution in [3.63, 3.8) is 0 Å². The molecule has 0 saturated heterocycles. The summed E-state index contributed by atoms with van der Waals surface area (Å²) >= 11 is 0. The molecule has 1 heterocycles. The van der Waals surface area contributed by atoms with Crippen LogP contribution < -0.4 is 0 Å². The molecule has 0 bridgehead atoms. The van der Waals surface area contributed by atoms with E-state index >= 15 is 0 Å². The Kier molecular flexibility index (Phi) is 2.11. The average molecular weight is 224 g/mol. The Morgan fingerprint density at radius 3 is 2.76 bits per heavy atom. The summed E-state index contributed by atoms with van der Waals surface area (Å²) in [6.45, 7) is 2.07. The van der Waals surface area contributed by atoms with Crippen LogP contribution in [0.25, 0.3) is 22.2 Å². The van der Waals surface area contributed by atoms with Crippen molar-refractivity contribution in [1.29, 1.82) is 0 Å². The van der Waals surface area contributed by atoms with Crippen molar-refractivity contribution in [2.24, 2.45) is 0 Å². The van der Waals surface area contributed by atoms with E-state index < -0.39 is 0 Å². The number of phenols is 1. The third-order valence-electron chi connectivity index (χ3n) is 2.95. The molecule has 84 valence electrons. The van der Waals surface area contributed by atoms with Gasteiger partial charge in [0.15, 0.2) is 0 Å². The molecule has 3 aromatic rings. The zero-order chi connectivity index (χ0) is 11.8. The summed E-state index contributed by atoms with van der Waals surface area (Å²) in [5.74, 6) is 0.248. The van der Waals surface area contributed by atoms with E-state index in [1.807, 2.05) is 18.2 Å². The molecule has 0 aliphatic carbocycles.